The lowest BCUT2D eigenvalue weighted by Crippen LogP contribution is -2.32. The quantitative estimate of drug-likeness (QED) is 0.379. The lowest BCUT2D eigenvalue weighted by molar-refractivity contribution is -0.109. The van der Waals surface area contributed by atoms with Crippen molar-refractivity contribution >= 4 is 33.1 Å². The molecule has 1 unspecified atom stereocenters. The highest BCUT2D eigenvalue weighted by atomic mass is 32.2. The number of aldehydes is 1. The molecule has 4 heterocycles. The van der Waals surface area contributed by atoms with Gasteiger partial charge in [-0.3, -0.25) is 5.43 Å². The standard InChI is InChI=1S/C28H27N5O3S/c34-18-27-22-9-8-20(16-24(22)26(31-32-27)15-19-10-13-29-14-11-19)25-17-33(28-23(25)7-4-12-30-28)37(35,36)21-5-2-1-3-6-21/h1-9,12,16-19,27,29,32H,10-11,13-15H2. The zero-order valence-electron chi connectivity index (χ0n) is 20.2. The van der Waals surface area contributed by atoms with Gasteiger partial charge in [0.25, 0.3) is 10.0 Å². The molecule has 2 aromatic heterocycles. The summed E-state index contributed by atoms with van der Waals surface area (Å²) in [5.74, 6) is 0.521. The Kier molecular flexibility index (Phi) is 6.10. The summed E-state index contributed by atoms with van der Waals surface area (Å²) in [5.41, 5.74) is 7.73. The summed E-state index contributed by atoms with van der Waals surface area (Å²) in [5, 5.41) is 8.74. The first kappa shape index (κ1) is 23.6. The number of carbonyl (C=O) groups is 1. The van der Waals surface area contributed by atoms with Crippen molar-refractivity contribution in [3.8, 4) is 11.1 Å². The minimum Gasteiger partial charge on any atom is -0.317 e. The number of hydrogen-bond donors (Lipinski definition) is 2. The predicted octanol–water partition coefficient (Wildman–Crippen LogP) is 3.88. The van der Waals surface area contributed by atoms with Gasteiger partial charge in [0.15, 0.2) is 5.65 Å². The summed E-state index contributed by atoms with van der Waals surface area (Å²) >= 11 is 0. The lowest BCUT2D eigenvalue weighted by Gasteiger charge is -2.27. The minimum absolute atomic E-state index is 0.200. The molecule has 8 nitrogen and oxygen atoms in total. The highest BCUT2D eigenvalue weighted by molar-refractivity contribution is 7.90. The first-order valence-electron chi connectivity index (χ1n) is 12.5. The number of fused-ring (bicyclic) bond motifs is 2. The molecule has 0 bridgehead atoms. The molecule has 2 aliphatic rings. The van der Waals surface area contributed by atoms with Crippen LogP contribution in [-0.2, 0) is 14.8 Å². The normalized spacial score (nSPS) is 18.2. The summed E-state index contributed by atoms with van der Waals surface area (Å²) < 4.78 is 28.3. The minimum atomic E-state index is -3.84. The molecule has 188 valence electrons. The van der Waals surface area contributed by atoms with Crippen LogP contribution in [0.4, 0.5) is 0 Å². The maximum atomic E-state index is 13.5. The number of benzene rings is 2. The topological polar surface area (TPSA) is 105 Å². The second-order valence-electron chi connectivity index (χ2n) is 9.53. The fourth-order valence-corrected chi connectivity index (χ4v) is 6.64. The van der Waals surface area contributed by atoms with Crippen molar-refractivity contribution in [3.63, 3.8) is 0 Å². The van der Waals surface area contributed by atoms with Gasteiger partial charge >= 0.3 is 0 Å². The molecule has 9 heteroatoms. The highest BCUT2D eigenvalue weighted by Gasteiger charge is 2.27. The van der Waals surface area contributed by atoms with Gasteiger partial charge in [-0.25, -0.2) is 17.4 Å². The van der Waals surface area contributed by atoms with E-state index in [2.05, 4.69) is 20.8 Å². The summed E-state index contributed by atoms with van der Waals surface area (Å²) in [6.45, 7) is 2.00. The SMILES string of the molecule is O=CC1NN=C(CC2CCNCC2)c2cc(-c3cn(S(=O)(=O)c4ccccc4)c4ncccc34)ccc21. The Hall–Kier alpha value is -3.82. The highest BCUT2D eigenvalue weighted by Crippen LogP contribution is 2.35. The van der Waals surface area contributed by atoms with Gasteiger partial charge in [0.1, 0.15) is 12.3 Å². The average molecular weight is 514 g/mol. The van der Waals surface area contributed by atoms with Gasteiger partial charge in [0.2, 0.25) is 0 Å². The number of hydrogen-bond acceptors (Lipinski definition) is 7. The van der Waals surface area contributed by atoms with Crippen molar-refractivity contribution in [1.29, 1.82) is 0 Å². The number of pyridine rings is 1. The molecule has 1 atom stereocenters. The molecule has 0 saturated carbocycles. The molecule has 2 aromatic carbocycles. The number of nitrogens with one attached hydrogen (secondary N) is 2. The Labute approximate surface area is 215 Å². The van der Waals surface area contributed by atoms with Gasteiger partial charge in [-0.15, -0.1) is 0 Å². The summed E-state index contributed by atoms with van der Waals surface area (Å²) in [6, 6.07) is 17.5. The van der Waals surface area contributed by atoms with Crippen LogP contribution in [0.3, 0.4) is 0 Å². The average Bonchev–Trinajstić information content (AvgIpc) is 3.35. The van der Waals surface area contributed by atoms with Gasteiger partial charge in [-0.1, -0.05) is 30.3 Å². The molecule has 2 N–H and O–H groups in total. The predicted molar refractivity (Wildman–Crippen MR) is 143 cm³/mol. The molecule has 37 heavy (non-hydrogen) atoms. The van der Waals surface area contributed by atoms with E-state index >= 15 is 0 Å². The monoisotopic (exact) mass is 513 g/mol. The van der Waals surface area contributed by atoms with Crippen LogP contribution in [0.15, 0.2) is 83.1 Å². The first-order chi connectivity index (χ1) is 18.1. The Morgan fingerprint density at radius 2 is 1.81 bits per heavy atom. The van der Waals surface area contributed by atoms with Gasteiger partial charge in [-0.2, -0.15) is 5.10 Å². The molecule has 0 radical (unpaired) electrons. The van der Waals surface area contributed by atoms with Crippen LogP contribution >= 0.6 is 0 Å². The molecule has 1 saturated heterocycles. The van der Waals surface area contributed by atoms with E-state index in [1.165, 1.54) is 3.97 Å². The zero-order chi connectivity index (χ0) is 25.4. The fourth-order valence-electron chi connectivity index (χ4n) is 5.29. The molecule has 0 spiro atoms. The molecular formula is C28H27N5O3S. The number of piperidine rings is 1. The van der Waals surface area contributed by atoms with E-state index < -0.39 is 16.1 Å². The van der Waals surface area contributed by atoms with Gasteiger partial charge in [0, 0.05) is 28.9 Å². The van der Waals surface area contributed by atoms with E-state index in [0.29, 0.717) is 11.6 Å². The van der Waals surface area contributed by atoms with Crippen molar-refractivity contribution in [2.45, 2.75) is 30.2 Å². The third-order valence-corrected chi connectivity index (χ3v) is 8.92. The number of hydrazone groups is 1. The third kappa shape index (κ3) is 4.24. The molecule has 2 aliphatic heterocycles. The van der Waals surface area contributed by atoms with E-state index in [9.17, 15) is 13.2 Å². The van der Waals surface area contributed by atoms with Gasteiger partial charge < -0.3 is 10.1 Å². The van der Waals surface area contributed by atoms with E-state index in [-0.39, 0.29) is 4.90 Å². The van der Waals surface area contributed by atoms with E-state index in [1.54, 1.807) is 48.8 Å². The summed E-state index contributed by atoms with van der Waals surface area (Å²) in [6.07, 6.45) is 7.10. The number of carbonyl (C=O) groups excluding carboxylic acids is 1. The summed E-state index contributed by atoms with van der Waals surface area (Å²) in [7, 11) is -3.84. The zero-order valence-corrected chi connectivity index (χ0v) is 21.0. The van der Waals surface area contributed by atoms with E-state index in [0.717, 1.165) is 72.0 Å². The molecule has 0 aliphatic carbocycles. The molecule has 4 aromatic rings. The first-order valence-corrected chi connectivity index (χ1v) is 13.9. The van der Waals surface area contributed by atoms with E-state index in [1.807, 2.05) is 24.3 Å². The van der Waals surface area contributed by atoms with Gasteiger partial charge in [-0.05, 0) is 79.7 Å². The van der Waals surface area contributed by atoms with Crippen molar-refractivity contribution in [1.82, 2.24) is 19.7 Å². The lowest BCUT2D eigenvalue weighted by atomic mass is 9.86. The maximum absolute atomic E-state index is 13.5. The van der Waals surface area contributed by atoms with Crippen LogP contribution in [0.5, 0.6) is 0 Å². The third-order valence-electron chi connectivity index (χ3n) is 7.26. The van der Waals surface area contributed by atoms with E-state index in [4.69, 9.17) is 0 Å². The summed E-state index contributed by atoms with van der Waals surface area (Å²) in [4.78, 5) is 16.4. The van der Waals surface area contributed by atoms with Crippen LogP contribution in [0.25, 0.3) is 22.2 Å². The number of nitrogens with zero attached hydrogens (tertiary/aromatic N) is 3. The van der Waals surface area contributed by atoms with Crippen LogP contribution in [0, 0.1) is 5.92 Å². The van der Waals surface area contributed by atoms with Crippen LogP contribution in [-0.4, -0.2) is 42.5 Å². The number of aromatic nitrogens is 2. The van der Waals surface area contributed by atoms with Gasteiger partial charge in [0.05, 0.1) is 10.6 Å². The Balaban J connectivity index is 1.47. The van der Waals surface area contributed by atoms with Crippen LogP contribution in [0.2, 0.25) is 0 Å². The molecule has 6 rings (SSSR count). The molecular weight excluding hydrogens is 486 g/mol. The molecule has 1 fully saturated rings. The van der Waals surface area contributed by atoms with Crippen molar-refractivity contribution in [2.24, 2.45) is 11.0 Å². The fraction of sp³-hybridized carbons (Fsp3) is 0.250. The van der Waals surface area contributed by atoms with Crippen molar-refractivity contribution in [3.05, 3.63) is 84.2 Å². The Morgan fingerprint density at radius 3 is 2.59 bits per heavy atom. The van der Waals surface area contributed by atoms with Crippen LogP contribution < -0.4 is 10.7 Å². The number of rotatable bonds is 6. The smallest absolute Gasteiger partial charge is 0.269 e. The second-order valence-corrected chi connectivity index (χ2v) is 11.3. The second kappa shape index (κ2) is 9.57. The molecule has 0 amide bonds. The Morgan fingerprint density at radius 1 is 1.00 bits per heavy atom. The van der Waals surface area contributed by atoms with Crippen LogP contribution in [0.1, 0.15) is 36.4 Å². The van der Waals surface area contributed by atoms with Crippen molar-refractivity contribution in [2.75, 3.05) is 13.1 Å². The maximum Gasteiger partial charge on any atom is 0.269 e. The van der Waals surface area contributed by atoms with Crippen molar-refractivity contribution < 1.29 is 13.2 Å². The Bertz CT molecular complexity index is 1610. The largest absolute Gasteiger partial charge is 0.317 e.